The minimum atomic E-state index is 0.157. The Bertz CT molecular complexity index is 185. The summed E-state index contributed by atoms with van der Waals surface area (Å²) in [7, 11) is 1.69. The summed E-state index contributed by atoms with van der Waals surface area (Å²) in [5.41, 5.74) is 0. The molecule has 14 heavy (non-hydrogen) atoms. The summed E-state index contributed by atoms with van der Waals surface area (Å²) >= 11 is 0. The van der Waals surface area contributed by atoms with Gasteiger partial charge in [-0.2, -0.15) is 0 Å². The van der Waals surface area contributed by atoms with E-state index in [-0.39, 0.29) is 5.91 Å². The molecule has 2 unspecified atom stereocenters. The van der Waals surface area contributed by atoms with Crippen molar-refractivity contribution in [2.24, 2.45) is 0 Å². The maximum atomic E-state index is 11.3. The fraction of sp³-hybridized carbons (Fsp3) is 0.900. The second-order valence-corrected chi connectivity index (χ2v) is 3.92. The van der Waals surface area contributed by atoms with Gasteiger partial charge < -0.3 is 15.4 Å². The topological polar surface area (TPSA) is 50.4 Å². The van der Waals surface area contributed by atoms with Crippen LogP contribution in [0.2, 0.25) is 0 Å². The second kappa shape index (κ2) is 5.98. The fourth-order valence-corrected chi connectivity index (χ4v) is 1.82. The van der Waals surface area contributed by atoms with Crippen LogP contribution < -0.4 is 10.6 Å². The third-order valence-corrected chi connectivity index (χ3v) is 2.42. The zero-order valence-corrected chi connectivity index (χ0v) is 9.01. The lowest BCUT2D eigenvalue weighted by Crippen LogP contribution is -2.40. The largest absolute Gasteiger partial charge is 0.383 e. The van der Waals surface area contributed by atoms with E-state index in [4.69, 9.17) is 4.74 Å². The molecule has 82 valence electrons. The average molecular weight is 200 g/mol. The number of hydrogen-bond donors (Lipinski definition) is 2. The number of carbonyl (C=O) groups is 1. The van der Waals surface area contributed by atoms with Crippen LogP contribution in [0.15, 0.2) is 0 Å². The van der Waals surface area contributed by atoms with E-state index in [2.05, 4.69) is 17.6 Å². The van der Waals surface area contributed by atoms with Gasteiger partial charge in [0.2, 0.25) is 5.91 Å². The maximum absolute atomic E-state index is 11.3. The van der Waals surface area contributed by atoms with E-state index in [1.54, 1.807) is 7.11 Å². The molecule has 1 aliphatic heterocycles. The van der Waals surface area contributed by atoms with E-state index in [1.165, 1.54) is 0 Å². The van der Waals surface area contributed by atoms with Crippen LogP contribution >= 0.6 is 0 Å². The zero-order chi connectivity index (χ0) is 10.4. The van der Waals surface area contributed by atoms with Gasteiger partial charge in [-0.1, -0.05) is 0 Å². The molecule has 1 rings (SSSR count). The number of amides is 1. The minimum Gasteiger partial charge on any atom is -0.383 e. The highest BCUT2D eigenvalue weighted by Gasteiger charge is 2.18. The lowest BCUT2D eigenvalue weighted by molar-refractivity contribution is -0.121. The smallest absolute Gasteiger partial charge is 0.221 e. The lowest BCUT2D eigenvalue weighted by Gasteiger charge is -2.20. The molecule has 0 aromatic rings. The van der Waals surface area contributed by atoms with Gasteiger partial charge in [0.15, 0.2) is 0 Å². The Morgan fingerprint density at radius 2 is 2.50 bits per heavy atom. The summed E-state index contributed by atoms with van der Waals surface area (Å²) in [6, 6.07) is 0.624. The molecular weight excluding hydrogens is 180 g/mol. The summed E-state index contributed by atoms with van der Waals surface area (Å²) in [5.74, 6) is 0.157. The molecule has 0 aliphatic carbocycles. The molecule has 1 saturated heterocycles. The SMILES string of the molecule is COCC(C)NC1CCCNC(=O)C1. The van der Waals surface area contributed by atoms with Crippen molar-refractivity contribution in [3.8, 4) is 0 Å². The lowest BCUT2D eigenvalue weighted by atomic mass is 10.1. The van der Waals surface area contributed by atoms with Crippen LogP contribution in [0.3, 0.4) is 0 Å². The zero-order valence-electron chi connectivity index (χ0n) is 9.01. The molecular formula is C10H20N2O2. The van der Waals surface area contributed by atoms with Gasteiger partial charge in [-0.05, 0) is 19.8 Å². The second-order valence-electron chi connectivity index (χ2n) is 3.92. The third-order valence-electron chi connectivity index (χ3n) is 2.42. The summed E-state index contributed by atoms with van der Waals surface area (Å²) in [5, 5.41) is 6.27. The van der Waals surface area contributed by atoms with E-state index in [1.807, 2.05) is 0 Å². The molecule has 1 amide bonds. The summed E-state index contributed by atoms with van der Waals surface area (Å²) < 4.78 is 5.04. The Morgan fingerprint density at radius 3 is 3.21 bits per heavy atom. The molecule has 4 nitrogen and oxygen atoms in total. The molecule has 1 aliphatic rings. The van der Waals surface area contributed by atoms with Crippen LogP contribution in [0.1, 0.15) is 26.2 Å². The molecule has 1 heterocycles. The Hall–Kier alpha value is -0.610. The normalized spacial score (nSPS) is 25.3. The molecule has 0 spiro atoms. The van der Waals surface area contributed by atoms with Gasteiger partial charge in [-0.25, -0.2) is 0 Å². The predicted octanol–water partition coefficient (Wildman–Crippen LogP) is 0.280. The predicted molar refractivity (Wildman–Crippen MR) is 55.1 cm³/mol. The van der Waals surface area contributed by atoms with Crippen molar-refractivity contribution < 1.29 is 9.53 Å². The molecule has 0 bridgehead atoms. The molecule has 4 heteroatoms. The van der Waals surface area contributed by atoms with Crippen molar-refractivity contribution in [1.82, 2.24) is 10.6 Å². The molecule has 0 aromatic heterocycles. The first-order valence-electron chi connectivity index (χ1n) is 5.24. The van der Waals surface area contributed by atoms with Crippen molar-refractivity contribution in [2.75, 3.05) is 20.3 Å². The quantitative estimate of drug-likeness (QED) is 0.685. The summed E-state index contributed by atoms with van der Waals surface area (Å²) in [4.78, 5) is 11.3. The highest BCUT2D eigenvalue weighted by atomic mass is 16.5. The highest BCUT2D eigenvalue weighted by Crippen LogP contribution is 2.06. The number of rotatable bonds is 4. The number of ether oxygens (including phenoxy) is 1. The van der Waals surface area contributed by atoms with E-state index in [0.29, 0.717) is 25.1 Å². The van der Waals surface area contributed by atoms with Crippen LogP contribution in [0, 0.1) is 0 Å². The number of nitrogens with one attached hydrogen (secondary N) is 2. The van der Waals surface area contributed by atoms with Gasteiger partial charge >= 0.3 is 0 Å². The number of carbonyl (C=O) groups excluding carboxylic acids is 1. The minimum absolute atomic E-state index is 0.157. The molecule has 1 fully saturated rings. The summed E-state index contributed by atoms with van der Waals surface area (Å²) in [6.07, 6.45) is 2.71. The Kier molecular flexibility index (Phi) is 4.90. The highest BCUT2D eigenvalue weighted by molar-refractivity contribution is 5.76. The van der Waals surface area contributed by atoms with Crippen LogP contribution in [0.5, 0.6) is 0 Å². The van der Waals surface area contributed by atoms with Crippen molar-refractivity contribution in [1.29, 1.82) is 0 Å². The molecule has 2 N–H and O–H groups in total. The monoisotopic (exact) mass is 200 g/mol. The molecule has 0 saturated carbocycles. The Morgan fingerprint density at radius 1 is 1.71 bits per heavy atom. The number of methoxy groups -OCH3 is 1. The van der Waals surface area contributed by atoms with Gasteiger partial charge in [0.05, 0.1) is 6.61 Å². The average Bonchev–Trinajstić information content (AvgIpc) is 2.30. The first-order valence-corrected chi connectivity index (χ1v) is 5.24. The third kappa shape index (κ3) is 4.07. The van der Waals surface area contributed by atoms with Crippen LogP contribution in [0.25, 0.3) is 0 Å². The van der Waals surface area contributed by atoms with Gasteiger partial charge in [-0.15, -0.1) is 0 Å². The van der Waals surface area contributed by atoms with Crippen molar-refractivity contribution >= 4 is 5.91 Å². The van der Waals surface area contributed by atoms with Gasteiger partial charge in [0, 0.05) is 32.2 Å². The van der Waals surface area contributed by atoms with Crippen molar-refractivity contribution in [2.45, 2.75) is 38.3 Å². The van der Waals surface area contributed by atoms with E-state index in [0.717, 1.165) is 19.4 Å². The van der Waals surface area contributed by atoms with Crippen molar-refractivity contribution in [3.63, 3.8) is 0 Å². The molecule has 2 atom stereocenters. The van der Waals surface area contributed by atoms with E-state index >= 15 is 0 Å². The fourth-order valence-electron chi connectivity index (χ4n) is 1.82. The first kappa shape index (κ1) is 11.5. The summed E-state index contributed by atoms with van der Waals surface area (Å²) in [6.45, 7) is 3.58. The van der Waals surface area contributed by atoms with Crippen LogP contribution in [0.4, 0.5) is 0 Å². The van der Waals surface area contributed by atoms with E-state index < -0.39 is 0 Å². The van der Waals surface area contributed by atoms with Crippen molar-refractivity contribution in [3.05, 3.63) is 0 Å². The van der Waals surface area contributed by atoms with Crippen LogP contribution in [-0.2, 0) is 9.53 Å². The Labute approximate surface area is 85.4 Å². The standard InChI is InChI=1S/C10H20N2O2/c1-8(7-14-2)12-9-4-3-5-11-10(13)6-9/h8-9,12H,3-7H2,1-2H3,(H,11,13). The van der Waals surface area contributed by atoms with Crippen LogP contribution in [-0.4, -0.2) is 38.3 Å². The Balaban J connectivity index is 2.30. The van der Waals surface area contributed by atoms with Gasteiger partial charge in [0.1, 0.15) is 0 Å². The molecule has 0 radical (unpaired) electrons. The maximum Gasteiger partial charge on any atom is 0.221 e. The number of hydrogen-bond acceptors (Lipinski definition) is 3. The van der Waals surface area contributed by atoms with E-state index in [9.17, 15) is 4.79 Å². The van der Waals surface area contributed by atoms with Gasteiger partial charge in [-0.3, -0.25) is 4.79 Å². The van der Waals surface area contributed by atoms with Gasteiger partial charge in [0.25, 0.3) is 0 Å². The molecule has 0 aromatic carbocycles. The first-order chi connectivity index (χ1) is 6.72.